The van der Waals surface area contributed by atoms with Gasteiger partial charge < -0.3 is 19.6 Å². The van der Waals surface area contributed by atoms with E-state index in [0.717, 1.165) is 11.3 Å². The van der Waals surface area contributed by atoms with Crippen LogP contribution in [0.3, 0.4) is 0 Å². The van der Waals surface area contributed by atoms with Crippen molar-refractivity contribution in [3.8, 4) is 17.4 Å². The molecule has 11 heteroatoms. The smallest absolute Gasteiger partial charge is 0.407 e. The molecule has 2 aliphatic heterocycles. The Morgan fingerprint density at radius 1 is 1.15 bits per heavy atom. The number of anilines is 1. The van der Waals surface area contributed by atoms with Gasteiger partial charge in [0.15, 0.2) is 23.2 Å². The number of rotatable bonds is 6. The van der Waals surface area contributed by atoms with Gasteiger partial charge in [-0.25, -0.2) is 29.1 Å². The molecule has 0 aliphatic carbocycles. The molecule has 1 aromatic carbocycles. The zero-order valence-electron chi connectivity index (χ0n) is 22.4. The minimum atomic E-state index is -1.03. The van der Waals surface area contributed by atoms with Crippen LogP contribution in [-0.2, 0) is 6.42 Å². The second-order valence-corrected chi connectivity index (χ2v) is 11.2. The summed E-state index contributed by atoms with van der Waals surface area (Å²) >= 11 is 0. The van der Waals surface area contributed by atoms with E-state index in [-0.39, 0.29) is 35.8 Å². The summed E-state index contributed by atoms with van der Waals surface area (Å²) in [5, 5.41) is 9.44. The average molecular weight is 539 g/mol. The van der Waals surface area contributed by atoms with Crippen LogP contribution in [0.4, 0.5) is 19.3 Å². The molecule has 0 bridgehead atoms. The number of hydrogen-bond acceptors (Lipinski definition) is 7. The van der Waals surface area contributed by atoms with Crippen LogP contribution in [0.25, 0.3) is 11.6 Å². The van der Waals surface area contributed by atoms with E-state index in [0.29, 0.717) is 43.3 Å². The standard InChI is InChI=1S/C28H32F2N6O3/c1-16-19-14-33-26(25-31-8-5-9-32-25)34-21(19)6-10-35(16)18-12-20(29)23(30)22(13-18)39-11-7-17-15-36(27(37)38)24(17)28(2,3)4/h5,8-9,12-14,16-17,24H,6-7,10-11,15H2,1-4H3,(H,37,38). The van der Waals surface area contributed by atoms with E-state index in [1.54, 1.807) is 24.7 Å². The molecule has 3 unspecified atom stereocenters. The monoisotopic (exact) mass is 538 g/mol. The van der Waals surface area contributed by atoms with E-state index >= 15 is 0 Å². The highest BCUT2D eigenvalue weighted by atomic mass is 19.2. The van der Waals surface area contributed by atoms with Crippen molar-refractivity contribution in [3.05, 3.63) is 59.7 Å². The Balaban J connectivity index is 1.29. The van der Waals surface area contributed by atoms with Crippen molar-refractivity contribution in [1.29, 1.82) is 0 Å². The number of aromatic nitrogens is 4. The maximum absolute atomic E-state index is 14.7. The molecule has 4 heterocycles. The molecule has 0 spiro atoms. The van der Waals surface area contributed by atoms with Gasteiger partial charge >= 0.3 is 6.09 Å². The van der Waals surface area contributed by atoms with Crippen LogP contribution in [0.15, 0.2) is 36.8 Å². The summed E-state index contributed by atoms with van der Waals surface area (Å²) in [6.07, 6.45) is 5.20. The van der Waals surface area contributed by atoms with Crippen LogP contribution in [0.1, 0.15) is 51.4 Å². The number of halogens is 2. The van der Waals surface area contributed by atoms with Crippen molar-refractivity contribution in [1.82, 2.24) is 24.8 Å². The van der Waals surface area contributed by atoms with Gasteiger partial charge in [-0.2, -0.15) is 4.39 Å². The van der Waals surface area contributed by atoms with E-state index < -0.39 is 17.7 Å². The van der Waals surface area contributed by atoms with E-state index in [2.05, 4.69) is 19.9 Å². The number of hydrogen-bond donors (Lipinski definition) is 1. The maximum Gasteiger partial charge on any atom is 0.407 e. The molecule has 2 aromatic heterocycles. The van der Waals surface area contributed by atoms with E-state index in [1.165, 1.54) is 17.0 Å². The molecule has 3 atom stereocenters. The van der Waals surface area contributed by atoms with Gasteiger partial charge in [0.05, 0.1) is 18.3 Å². The molecule has 1 fully saturated rings. The molecule has 1 amide bonds. The van der Waals surface area contributed by atoms with Gasteiger partial charge in [0.1, 0.15) is 0 Å². The average Bonchev–Trinajstić information content (AvgIpc) is 2.87. The Morgan fingerprint density at radius 2 is 1.90 bits per heavy atom. The molecule has 1 N–H and O–H groups in total. The molecule has 5 rings (SSSR count). The normalized spacial score (nSPS) is 20.8. The van der Waals surface area contributed by atoms with Crippen LogP contribution in [-0.4, -0.2) is 61.8 Å². The number of carboxylic acid groups (broad SMARTS) is 1. The highest BCUT2D eigenvalue weighted by Gasteiger charge is 2.47. The quantitative estimate of drug-likeness (QED) is 0.461. The number of nitrogens with zero attached hydrogens (tertiary/aromatic N) is 6. The van der Waals surface area contributed by atoms with Gasteiger partial charge in [-0.1, -0.05) is 20.8 Å². The summed E-state index contributed by atoms with van der Waals surface area (Å²) in [7, 11) is 0. The molecule has 2 aliphatic rings. The second kappa shape index (κ2) is 10.3. The zero-order chi connectivity index (χ0) is 27.9. The SMILES string of the molecule is CC1c2cnc(-c3ncccn3)nc2CCN1c1cc(F)c(F)c(OCCC2CN(C(=O)O)C2C(C)(C)C)c1. The van der Waals surface area contributed by atoms with Gasteiger partial charge in [0, 0.05) is 73.4 Å². The van der Waals surface area contributed by atoms with Crippen molar-refractivity contribution in [2.24, 2.45) is 11.3 Å². The lowest BCUT2D eigenvalue weighted by Crippen LogP contribution is -2.63. The van der Waals surface area contributed by atoms with Crippen LogP contribution < -0.4 is 9.64 Å². The molecule has 1 saturated heterocycles. The van der Waals surface area contributed by atoms with Crippen molar-refractivity contribution in [3.63, 3.8) is 0 Å². The summed E-state index contributed by atoms with van der Waals surface area (Å²) in [4.78, 5) is 32.5. The Labute approximate surface area is 225 Å². The van der Waals surface area contributed by atoms with E-state index in [9.17, 15) is 18.7 Å². The molecule has 9 nitrogen and oxygen atoms in total. The lowest BCUT2D eigenvalue weighted by atomic mass is 9.71. The van der Waals surface area contributed by atoms with Crippen molar-refractivity contribution in [2.45, 2.75) is 52.6 Å². The highest BCUT2D eigenvalue weighted by Crippen LogP contribution is 2.40. The third-order valence-corrected chi connectivity index (χ3v) is 7.58. The first-order chi connectivity index (χ1) is 18.5. The minimum absolute atomic E-state index is 0.0852. The molecule has 3 aromatic rings. The Bertz CT molecular complexity index is 1370. The molecule has 0 radical (unpaired) electrons. The van der Waals surface area contributed by atoms with Crippen LogP contribution in [0.5, 0.6) is 5.75 Å². The minimum Gasteiger partial charge on any atom is -0.490 e. The maximum atomic E-state index is 14.7. The predicted octanol–water partition coefficient (Wildman–Crippen LogP) is 5.13. The van der Waals surface area contributed by atoms with Crippen LogP contribution >= 0.6 is 0 Å². The topological polar surface area (TPSA) is 105 Å². The Kier molecular flexibility index (Phi) is 7.09. The first-order valence-electron chi connectivity index (χ1n) is 13.1. The van der Waals surface area contributed by atoms with Gasteiger partial charge in [0.2, 0.25) is 5.82 Å². The van der Waals surface area contributed by atoms with Gasteiger partial charge in [-0.15, -0.1) is 0 Å². The third kappa shape index (κ3) is 5.22. The number of amides is 1. The molecule has 206 valence electrons. The summed E-state index contributed by atoms with van der Waals surface area (Å²) in [5.74, 6) is -1.19. The van der Waals surface area contributed by atoms with E-state index in [4.69, 9.17) is 4.74 Å². The highest BCUT2D eigenvalue weighted by molar-refractivity contribution is 5.67. The van der Waals surface area contributed by atoms with Crippen molar-refractivity contribution in [2.75, 3.05) is 24.6 Å². The van der Waals surface area contributed by atoms with Crippen molar-refractivity contribution >= 4 is 11.8 Å². The first kappa shape index (κ1) is 26.7. The number of ether oxygens (including phenoxy) is 1. The Morgan fingerprint density at radius 3 is 2.59 bits per heavy atom. The van der Waals surface area contributed by atoms with Gasteiger partial charge in [0.25, 0.3) is 0 Å². The fourth-order valence-corrected chi connectivity index (χ4v) is 5.78. The number of likely N-dealkylation sites (tertiary alicyclic amines) is 1. The lowest BCUT2D eigenvalue weighted by molar-refractivity contribution is -0.0419. The summed E-state index contributed by atoms with van der Waals surface area (Å²) in [5.41, 5.74) is 2.04. The molecular weight excluding hydrogens is 506 g/mol. The largest absolute Gasteiger partial charge is 0.490 e. The molecule has 39 heavy (non-hydrogen) atoms. The van der Waals surface area contributed by atoms with Crippen molar-refractivity contribution < 1.29 is 23.4 Å². The second-order valence-electron chi connectivity index (χ2n) is 11.2. The molecule has 0 saturated carbocycles. The first-order valence-corrected chi connectivity index (χ1v) is 13.1. The summed E-state index contributed by atoms with van der Waals surface area (Å²) in [6.45, 7) is 9.07. The Hall–Kier alpha value is -3.89. The van der Waals surface area contributed by atoms with Gasteiger partial charge in [-0.3, -0.25) is 0 Å². The van der Waals surface area contributed by atoms with Gasteiger partial charge in [-0.05, 0) is 24.8 Å². The molecular formula is C28H32F2N6O3. The fourth-order valence-electron chi connectivity index (χ4n) is 5.78. The van der Waals surface area contributed by atoms with E-state index in [1.807, 2.05) is 32.6 Å². The zero-order valence-corrected chi connectivity index (χ0v) is 22.4. The van der Waals surface area contributed by atoms with Crippen LogP contribution in [0, 0.1) is 23.0 Å². The fraction of sp³-hybridized carbons (Fsp3) is 0.464. The number of benzene rings is 1. The predicted molar refractivity (Wildman–Crippen MR) is 140 cm³/mol. The summed E-state index contributed by atoms with van der Waals surface area (Å²) in [6, 6.07) is 4.10. The third-order valence-electron chi connectivity index (χ3n) is 7.58. The lowest BCUT2D eigenvalue weighted by Gasteiger charge is -2.53. The summed E-state index contributed by atoms with van der Waals surface area (Å²) < 4.78 is 35.1. The number of carbonyl (C=O) groups is 1. The van der Waals surface area contributed by atoms with Crippen LogP contribution in [0.2, 0.25) is 0 Å². The number of fused-ring (bicyclic) bond motifs is 1.